The van der Waals surface area contributed by atoms with Crippen molar-refractivity contribution in [3.8, 4) is 17.1 Å². The number of carbonyl (C=O) groups is 3. The number of primary amides is 1. The Balaban J connectivity index is 1.48. The van der Waals surface area contributed by atoms with E-state index in [9.17, 15) is 18.8 Å². The Labute approximate surface area is 235 Å². The Kier molecular flexibility index (Phi) is 8.56. The van der Waals surface area contributed by atoms with E-state index in [1.54, 1.807) is 54.7 Å². The number of amides is 2. The molecule has 0 radical (unpaired) electrons. The summed E-state index contributed by atoms with van der Waals surface area (Å²) in [4.78, 5) is 44.6. The summed E-state index contributed by atoms with van der Waals surface area (Å²) in [5.41, 5.74) is 8.38. The second-order valence-electron chi connectivity index (χ2n) is 9.66. The summed E-state index contributed by atoms with van der Waals surface area (Å²) in [7, 11) is 0. The van der Waals surface area contributed by atoms with Gasteiger partial charge >= 0.3 is 0 Å². The minimum atomic E-state index is -1.17. The number of Topliss-reactive ketones (excluding diaryl/α,β-unsaturated/α-hetero) is 1. The maximum Gasteiger partial charge on any atom is 0.287 e. The molecule has 2 aromatic carbocycles. The summed E-state index contributed by atoms with van der Waals surface area (Å²) in [5, 5.41) is 7.42. The van der Waals surface area contributed by atoms with Gasteiger partial charge in [0.1, 0.15) is 11.9 Å². The van der Waals surface area contributed by atoms with E-state index in [2.05, 4.69) is 15.2 Å². The van der Waals surface area contributed by atoms with E-state index in [1.807, 2.05) is 6.07 Å². The third-order valence-corrected chi connectivity index (χ3v) is 6.80. The van der Waals surface area contributed by atoms with E-state index >= 15 is 0 Å². The van der Waals surface area contributed by atoms with Crippen LogP contribution in [0.15, 0.2) is 79.1 Å². The zero-order chi connectivity index (χ0) is 28.8. The topological polar surface area (TPSA) is 132 Å². The van der Waals surface area contributed by atoms with Gasteiger partial charge in [-0.3, -0.25) is 19.3 Å². The Morgan fingerprint density at radius 2 is 1.73 bits per heavy atom. The third kappa shape index (κ3) is 6.71. The Morgan fingerprint density at radius 1 is 1.00 bits per heavy atom. The molecule has 41 heavy (non-hydrogen) atoms. The van der Waals surface area contributed by atoms with Crippen molar-refractivity contribution < 1.29 is 23.5 Å². The maximum atomic E-state index is 13.7. The molecule has 0 bridgehead atoms. The molecule has 3 heterocycles. The van der Waals surface area contributed by atoms with Crippen molar-refractivity contribution in [2.75, 3.05) is 26.3 Å². The first-order valence-corrected chi connectivity index (χ1v) is 13.2. The molecule has 3 N–H and O–H groups in total. The number of ether oxygens (including phenoxy) is 1. The van der Waals surface area contributed by atoms with Crippen LogP contribution >= 0.6 is 0 Å². The summed E-state index contributed by atoms with van der Waals surface area (Å²) in [6, 6.07) is 17.0. The highest BCUT2D eigenvalue weighted by Crippen LogP contribution is 2.26. The number of halogens is 1. The number of carbonyl (C=O) groups excluding carboxylic acids is 3. The van der Waals surface area contributed by atoms with Gasteiger partial charge in [0.15, 0.2) is 5.82 Å². The van der Waals surface area contributed by atoms with E-state index in [0.717, 1.165) is 24.2 Å². The van der Waals surface area contributed by atoms with Crippen molar-refractivity contribution >= 4 is 17.6 Å². The predicted molar refractivity (Wildman–Crippen MR) is 148 cm³/mol. The standard InChI is InChI=1S/C30H29FN6O4/c31-23-10-8-21(9-11-23)26-22(18-36-13-15-41-16-14-36)19-37(35-26)29-24(7-4-12-33-29)30(40)34-25(27(38)28(32)39)17-20-5-2-1-3-6-20/h1-12,19,25H,13-18H2,(H2,32,39)(H,34,40). The molecule has 0 aliphatic carbocycles. The summed E-state index contributed by atoms with van der Waals surface area (Å²) >= 11 is 0. The van der Waals surface area contributed by atoms with Crippen LogP contribution < -0.4 is 11.1 Å². The van der Waals surface area contributed by atoms with Crippen LogP contribution in [-0.2, 0) is 27.3 Å². The van der Waals surface area contributed by atoms with E-state index in [1.165, 1.54) is 23.0 Å². The number of nitrogens with one attached hydrogen (secondary N) is 1. The number of pyridine rings is 1. The number of nitrogens with two attached hydrogens (primary N) is 1. The Morgan fingerprint density at radius 3 is 2.44 bits per heavy atom. The highest BCUT2D eigenvalue weighted by molar-refractivity contribution is 6.38. The van der Waals surface area contributed by atoms with Gasteiger partial charge in [0.05, 0.1) is 24.5 Å². The van der Waals surface area contributed by atoms with Gasteiger partial charge in [0.2, 0.25) is 5.78 Å². The molecule has 210 valence electrons. The molecule has 1 aliphatic rings. The van der Waals surface area contributed by atoms with Gasteiger partial charge in [0.25, 0.3) is 11.8 Å². The van der Waals surface area contributed by atoms with Gasteiger partial charge in [0, 0.05) is 49.6 Å². The molecule has 2 amide bonds. The number of rotatable bonds is 10. The first-order chi connectivity index (χ1) is 19.9. The second kappa shape index (κ2) is 12.6. The minimum Gasteiger partial charge on any atom is -0.379 e. The zero-order valence-electron chi connectivity index (χ0n) is 22.2. The van der Waals surface area contributed by atoms with Crippen LogP contribution in [0.4, 0.5) is 4.39 Å². The summed E-state index contributed by atoms with van der Waals surface area (Å²) < 4.78 is 20.7. The van der Waals surface area contributed by atoms with Crippen molar-refractivity contribution in [2.45, 2.75) is 19.0 Å². The molecule has 0 saturated carbocycles. The molecule has 0 spiro atoms. The first kappa shape index (κ1) is 27.8. The molecular formula is C30H29FN6O4. The Hall–Kier alpha value is -4.74. The lowest BCUT2D eigenvalue weighted by Gasteiger charge is -2.26. The van der Waals surface area contributed by atoms with Gasteiger partial charge in [-0.25, -0.2) is 14.1 Å². The molecule has 1 atom stereocenters. The number of hydrogen-bond acceptors (Lipinski definition) is 7. The fourth-order valence-electron chi connectivity index (χ4n) is 4.71. The monoisotopic (exact) mass is 556 g/mol. The maximum absolute atomic E-state index is 13.7. The minimum absolute atomic E-state index is 0.0874. The molecule has 1 saturated heterocycles. The van der Waals surface area contributed by atoms with Crippen molar-refractivity contribution in [1.29, 1.82) is 0 Å². The van der Waals surface area contributed by atoms with Gasteiger partial charge in [-0.1, -0.05) is 30.3 Å². The lowest BCUT2D eigenvalue weighted by Crippen LogP contribution is -2.47. The van der Waals surface area contributed by atoms with Gasteiger partial charge in [-0.2, -0.15) is 5.10 Å². The van der Waals surface area contributed by atoms with Crippen LogP contribution in [0.25, 0.3) is 17.1 Å². The van der Waals surface area contributed by atoms with Crippen LogP contribution in [-0.4, -0.2) is 69.6 Å². The third-order valence-electron chi connectivity index (χ3n) is 6.80. The van der Waals surface area contributed by atoms with Crippen LogP contribution in [0.3, 0.4) is 0 Å². The lowest BCUT2D eigenvalue weighted by molar-refractivity contribution is -0.137. The number of benzene rings is 2. The average Bonchev–Trinajstić information content (AvgIpc) is 3.41. The Bertz CT molecular complexity index is 1530. The molecule has 2 aromatic heterocycles. The van der Waals surface area contributed by atoms with Crippen molar-refractivity contribution in [3.05, 3.63) is 102 Å². The van der Waals surface area contributed by atoms with Gasteiger partial charge < -0.3 is 15.8 Å². The van der Waals surface area contributed by atoms with Crippen molar-refractivity contribution in [1.82, 2.24) is 25.0 Å². The smallest absolute Gasteiger partial charge is 0.287 e. The van der Waals surface area contributed by atoms with Crippen LogP contribution in [0, 0.1) is 5.82 Å². The van der Waals surface area contributed by atoms with Gasteiger partial charge in [-0.15, -0.1) is 0 Å². The van der Waals surface area contributed by atoms with E-state index in [-0.39, 0.29) is 23.6 Å². The molecule has 4 aromatic rings. The fraction of sp³-hybridized carbons (Fsp3) is 0.233. The average molecular weight is 557 g/mol. The van der Waals surface area contributed by atoms with Crippen LogP contribution in [0.2, 0.25) is 0 Å². The molecule has 1 unspecified atom stereocenters. The molecule has 11 heteroatoms. The molecule has 5 rings (SSSR count). The second-order valence-corrected chi connectivity index (χ2v) is 9.66. The highest BCUT2D eigenvalue weighted by Gasteiger charge is 2.28. The van der Waals surface area contributed by atoms with E-state index in [4.69, 9.17) is 15.6 Å². The largest absolute Gasteiger partial charge is 0.379 e. The van der Waals surface area contributed by atoms with E-state index < -0.39 is 23.6 Å². The fourth-order valence-corrected chi connectivity index (χ4v) is 4.71. The number of morpholine rings is 1. The predicted octanol–water partition coefficient (Wildman–Crippen LogP) is 2.30. The SMILES string of the molecule is NC(=O)C(=O)C(Cc1ccccc1)NC(=O)c1cccnc1-n1cc(CN2CCOCC2)c(-c2ccc(F)cc2)n1. The molecule has 1 fully saturated rings. The van der Waals surface area contributed by atoms with Crippen LogP contribution in [0.1, 0.15) is 21.5 Å². The number of nitrogens with zero attached hydrogens (tertiary/aromatic N) is 4. The molecule has 10 nitrogen and oxygen atoms in total. The molecular weight excluding hydrogens is 527 g/mol. The number of hydrogen-bond donors (Lipinski definition) is 2. The summed E-state index contributed by atoms with van der Waals surface area (Å²) in [6.45, 7) is 3.32. The number of ketones is 1. The molecule has 1 aliphatic heterocycles. The first-order valence-electron chi connectivity index (χ1n) is 13.2. The van der Waals surface area contributed by atoms with E-state index in [0.29, 0.717) is 31.0 Å². The number of aromatic nitrogens is 3. The van der Waals surface area contributed by atoms with Crippen molar-refractivity contribution in [2.24, 2.45) is 5.73 Å². The van der Waals surface area contributed by atoms with Crippen molar-refractivity contribution in [3.63, 3.8) is 0 Å². The summed E-state index contributed by atoms with van der Waals surface area (Å²) in [6.07, 6.45) is 3.41. The zero-order valence-corrected chi connectivity index (χ0v) is 22.2. The highest BCUT2D eigenvalue weighted by atomic mass is 19.1. The van der Waals surface area contributed by atoms with Crippen LogP contribution in [0.5, 0.6) is 0 Å². The normalized spacial score (nSPS) is 14.4. The lowest BCUT2D eigenvalue weighted by atomic mass is 10.0. The summed E-state index contributed by atoms with van der Waals surface area (Å²) in [5.74, 6) is -2.79. The van der Waals surface area contributed by atoms with Gasteiger partial charge in [-0.05, 0) is 42.0 Å². The quantitative estimate of drug-likeness (QED) is 0.287.